The van der Waals surface area contributed by atoms with E-state index in [1.54, 1.807) is 0 Å². The fourth-order valence-corrected chi connectivity index (χ4v) is 1.07. The maximum absolute atomic E-state index is 6.59. The zero-order chi connectivity index (χ0) is 9.68. The third-order valence-corrected chi connectivity index (χ3v) is 1.82. The van der Waals surface area contributed by atoms with Crippen LogP contribution in [0.2, 0.25) is 0 Å². The highest BCUT2D eigenvalue weighted by molar-refractivity contribution is 5.30. The van der Waals surface area contributed by atoms with Crippen LogP contribution in [0.4, 0.5) is 0 Å². The van der Waals surface area contributed by atoms with E-state index in [0.717, 1.165) is 5.75 Å². The van der Waals surface area contributed by atoms with E-state index in [0.29, 0.717) is 5.92 Å². The third-order valence-electron chi connectivity index (χ3n) is 1.82. The van der Waals surface area contributed by atoms with Gasteiger partial charge in [-0.1, -0.05) is 26.0 Å². The van der Waals surface area contributed by atoms with Crippen LogP contribution in [-0.2, 0) is 0 Å². The molecule has 2 nitrogen and oxygen atoms in total. The van der Waals surface area contributed by atoms with E-state index in [-0.39, 0.29) is 6.73 Å². The van der Waals surface area contributed by atoms with E-state index >= 15 is 0 Å². The molecule has 2 heteroatoms. The Kier molecular flexibility index (Phi) is 3.33. The second-order valence-corrected chi connectivity index (χ2v) is 3.16. The monoisotopic (exact) mass is 175 g/mol. The minimum atomic E-state index is 0.0988. The maximum Gasteiger partial charge on any atom is 0.357 e. The summed E-state index contributed by atoms with van der Waals surface area (Å²) < 4.78 is 5.19. The Morgan fingerprint density at radius 3 is 2.85 bits per heavy atom. The van der Waals surface area contributed by atoms with Crippen molar-refractivity contribution in [1.29, 1.82) is 0 Å². The van der Waals surface area contributed by atoms with Crippen molar-refractivity contribution < 1.29 is 4.74 Å². The van der Waals surface area contributed by atoms with Gasteiger partial charge in [0.2, 0.25) is 0 Å². The summed E-state index contributed by atoms with van der Waals surface area (Å²) >= 11 is 0. The molecule has 0 atom stereocenters. The average molecular weight is 175 g/mol. The van der Waals surface area contributed by atoms with Crippen molar-refractivity contribution in [3.8, 4) is 5.75 Å². The average Bonchev–Trinajstić information content (AvgIpc) is 2.15. The third kappa shape index (κ3) is 2.79. The molecule has 0 radical (unpaired) electrons. The topological polar surface area (TPSA) is 13.6 Å². The van der Waals surface area contributed by atoms with Gasteiger partial charge in [-0.25, -0.2) is 6.57 Å². The Balaban J connectivity index is 2.75. The summed E-state index contributed by atoms with van der Waals surface area (Å²) in [5.41, 5.74) is 1.24. The normalized spacial score (nSPS) is 9.69. The van der Waals surface area contributed by atoms with Crippen molar-refractivity contribution in [1.82, 2.24) is 0 Å². The molecule has 68 valence electrons. The van der Waals surface area contributed by atoms with Crippen molar-refractivity contribution in [3.05, 3.63) is 41.2 Å². The Morgan fingerprint density at radius 2 is 2.23 bits per heavy atom. The zero-order valence-corrected chi connectivity index (χ0v) is 7.95. The molecular weight excluding hydrogens is 162 g/mol. The molecule has 1 aromatic rings. The Bertz CT molecular complexity index is 312. The Hall–Kier alpha value is -1.49. The molecule has 0 aliphatic rings. The zero-order valence-electron chi connectivity index (χ0n) is 7.95. The SMILES string of the molecule is [C-]#[N+]COc1cccc(C(C)C)c1. The molecule has 0 aliphatic heterocycles. The molecule has 0 N–H and O–H groups in total. The molecule has 1 aromatic carbocycles. The predicted octanol–water partition coefficient (Wildman–Crippen LogP) is 3.07. The van der Waals surface area contributed by atoms with Gasteiger partial charge in [0.15, 0.2) is 0 Å². The molecule has 0 saturated heterocycles. The number of nitrogens with zero attached hydrogens (tertiary/aromatic N) is 1. The lowest BCUT2D eigenvalue weighted by Gasteiger charge is -2.06. The minimum absolute atomic E-state index is 0.0988. The lowest BCUT2D eigenvalue weighted by molar-refractivity contribution is 0.360. The van der Waals surface area contributed by atoms with Crippen molar-refractivity contribution in [2.24, 2.45) is 0 Å². The maximum atomic E-state index is 6.59. The summed E-state index contributed by atoms with van der Waals surface area (Å²) in [6, 6.07) is 7.87. The van der Waals surface area contributed by atoms with Gasteiger partial charge >= 0.3 is 6.73 Å². The summed E-state index contributed by atoms with van der Waals surface area (Å²) in [6.07, 6.45) is 0. The molecule has 1 rings (SSSR count). The lowest BCUT2D eigenvalue weighted by atomic mass is 10.0. The van der Waals surface area contributed by atoms with Crippen LogP contribution in [0.1, 0.15) is 25.3 Å². The van der Waals surface area contributed by atoms with Gasteiger partial charge < -0.3 is 4.74 Å². The van der Waals surface area contributed by atoms with Gasteiger partial charge in [-0.3, -0.25) is 4.85 Å². The lowest BCUT2D eigenvalue weighted by Crippen LogP contribution is -1.93. The molecule has 0 aliphatic carbocycles. The largest absolute Gasteiger partial charge is 0.426 e. The van der Waals surface area contributed by atoms with Gasteiger partial charge in [-0.15, -0.1) is 0 Å². The molecular formula is C11H13NO. The molecule has 0 spiro atoms. The Labute approximate surface area is 79.0 Å². The molecule has 0 saturated carbocycles. The first-order chi connectivity index (χ1) is 6.24. The van der Waals surface area contributed by atoms with Crippen molar-refractivity contribution in [2.45, 2.75) is 19.8 Å². The van der Waals surface area contributed by atoms with Crippen molar-refractivity contribution >= 4 is 0 Å². The number of hydrogen-bond donors (Lipinski definition) is 0. The molecule has 13 heavy (non-hydrogen) atoms. The highest BCUT2D eigenvalue weighted by atomic mass is 16.5. The van der Waals surface area contributed by atoms with Crippen LogP contribution >= 0.6 is 0 Å². The van der Waals surface area contributed by atoms with Crippen molar-refractivity contribution in [2.75, 3.05) is 6.73 Å². The van der Waals surface area contributed by atoms with Gasteiger partial charge in [0.05, 0.1) is 0 Å². The molecule has 0 fully saturated rings. The first kappa shape index (κ1) is 9.60. The van der Waals surface area contributed by atoms with Gasteiger partial charge in [-0.05, 0) is 23.6 Å². The van der Waals surface area contributed by atoms with E-state index in [9.17, 15) is 0 Å². The fraction of sp³-hybridized carbons (Fsp3) is 0.364. The molecule has 0 bridgehead atoms. The van der Waals surface area contributed by atoms with Crippen LogP contribution in [0.25, 0.3) is 4.85 Å². The predicted molar refractivity (Wildman–Crippen MR) is 52.6 cm³/mol. The van der Waals surface area contributed by atoms with Crippen LogP contribution in [0.3, 0.4) is 0 Å². The highest BCUT2D eigenvalue weighted by Gasteiger charge is 2.00. The molecule has 0 unspecified atom stereocenters. The second-order valence-electron chi connectivity index (χ2n) is 3.16. The fourth-order valence-electron chi connectivity index (χ4n) is 1.07. The smallest absolute Gasteiger partial charge is 0.357 e. The van der Waals surface area contributed by atoms with Crippen LogP contribution in [0.5, 0.6) is 5.75 Å². The first-order valence-electron chi connectivity index (χ1n) is 4.30. The first-order valence-corrected chi connectivity index (χ1v) is 4.30. The van der Waals surface area contributed by atoms with E-state index in [1.165, 1.54) is 5.56 Å². The van der Waals surface area contributed by atoms with E-state index in [1.807, 2.05) is 18.2 Å². The number of ether oxygens (including phenoxy) is 1. The van der Waals surface area contributed by atoms with E-state index < -0.39 is 0 Å². The van der Waals surface area contributed by atoms with Gasteiger partial charge in [0.25, 0.3) is 0 Å². The standard InChI is InChI=1S/C11H13NO/c1-9(2)10-5-4-6-11(7-10)13-8-12-3/h4-7,9H,8H2,1-2H3. The summed E-state index contributed by atoms with van der Waals surface area (Å²) in [6.45, 7) is 11.0. The summed E-state index contributed by atoms with van der Waals surface area (Å²) in [7, 11) is 0. The highest BCUT2D eigenvalue weighted by Crippen LogP contribution is 2.19. The van der Waals surface area contributed by atoms with Crippen LogP contribution in [0.15, 0.2) is 24.3 Å². The summed E-state index contributed by atoms with van der Waals surface area (Å²) in [4.78, 5) is 3.13. The molecule has 0 amide bonds. The minimum Gasteiger partial charge on any atom is -0.426 e. The van der Waals surface area contributed by atoms with Crippen molar-refractivity contribution in [3.63, 3.8) is 0 Å². The number of hydrogen-bond acceptors (Lipinski definition) is 1. The van der Waals surface area contributed by atoms with Crippen LogP contribution < -0.4 is 4.74 Å². The van der Waals surface area contributed by atoms with Crippen LogP contribution in [-0.4, -0.2) is 6.73 Å². The Morgan fingerprint density at radius 1 is 1.46 bits per heavy atom. The number of rotatable bonds is 3. The van der Waals surface area contributed by atoms with Gasteiger partial charge in [0, 0.05) is 0 Å². The molecule has 0 heterocycles. The van der Waals surface area contributed by atoms with Gasteiger partial charge in [-0.2, -0.15) is 0 Å². The second kappa shape index (κ2) is 4.51. The van der Waals surface area contributed by atoms with E-state index in [2.05, 4.69) is 24.8 Å². The quantitative estimate of drug-likeness (QED) is 0.644. The summed E-state index contributed by atoms with van der Waals surface area (Å²) in [5.74, 6) is 1.28. The van der Waals surface area contributed by atoms with Gasteiger partial charge in [0.1, 0.15) is 5.75 Å². The van der Waals surface area contributed by atoms with Crippen LogP contribution in [0, 0.1) is 6.57 Å². The van der Waals surface area contributed by atoms with E-state index in [4.69, 9.17) is 11.3 Å². The number of benzene rings is 1. The summed E-state index contributed by atoms with van der Waals surface area (Å²) in [5, 5.41) is 0. The molecule has 0 aromatic heterocycles.